The first-order chi connectivity index (χ1) is 8.72. The van der Waals surface area contributed by atoms with Gasteiger partial charge in [0.2, 0.25) is 5.78 Å². The van der Waals surface area contributed by atoms with Crippen LogP contribution in [0.1, 0.15) is 20.7 Å². The third-order valence-electron chi connectivity index (χ3n) is 3.13. The zero-order valence-electron chi connectivity index (χ0n) is 9.77. The van der Waals surface area contributed by atoms with Crippen molar-refractivity contribution < 1.29 is 14.3 Å². The summed E-state index contributed by atoms with van der Waals surface area (Å²) in [6.07, 6.45) is 1.26. The van der Waals surface area contributed by atoms with Crippen molar-refractivity contribution in [1.82, 2.24) is 0 Å². The van der Waals surface area contributed by atoms with Crippen molar-refractivity contribution in [2.24, 2.45) is 0 Å². The molecule has 0 unspecified atom stereocenters. The lowest BCUT2D eigenvalue weighted by molar-refractivity contribution is 0.0917. The third kappa shape index (κ3) is 1.37. The smallest absolute Gasteiger partial charge is 0.228 e. The van der Waals surface area contributed by atoms with Gasteiger partial charge >= 0.3 is 0 Å². The van der Waals surface area contributed by atoms with Crippen LogP contribution in [0.3, 0.4) is 0 Å². The largest absolute Gasteiger partial charge is 0.492 e. The topological polar surface area (TPSA) is 43.4 Å². The van der Waals surface area contributed by atoms with Crippen molar-refractivity contribution >= 4 is 22.3 Å². The van der Waals surface area contributed by atoms with Crippen molar-refractivity contribution in [3.05, 3.63) is 59.4 Å². The fourth-order valence-electron chi connectivity index (χ4n) is 2.27. The molecule has 0 fully saturated rings. The molecule has 0 aromatic heterocycles. The number of allylic oxidation sites excluding steroid dienone is 2. The van der Waals surface area contributed by atoms with Crippen molar-refractivity contribution in [2.45, 2.75) is 0 Å². The highest BCUT2D eigenvalue weighted by Gasteiger charge is 2.27. The van der Waals surface area contributed by atoms with Crippen LogP contribution in [-0.4, -0.2) is 18.7 Å². The molecule has 18 heavy (non-hydrogen) atoms. The van der Waals surface area contributed by atoms with Crippen molar-refractivity contribution in [3.8, 4) is 0 Å². The normalized spacial score (nSPS) is 14.4. The molecule has 88 valence electrons. The summed E-state index contributed by atoms with van der Waals surface area (Å²) >= 11 is 0. The van der Waals surface area contributed by atoms with Crippen LogP contribution in [0.15, 0.2) is 48.2 Å². The monoisotopic (exact) mass is 238 g/mol. The average molecular weight is 238 g/mol. The van der Waals surface area contributed by atoms with Gasteiger partial charge in [-0.1, -0.05) is 30.3 Å². The fourth-order valence-corrected chi connectivity index (χ4v) is 2.27. The number of ketones is 2. The van der Waals surface area contributed by atoms with Crippen LogP contribution in [0, 0.1) is 0 Å². The molecule has 0 spiro atoms. The van der Waals surface area contributed by atoms with Crippen LogP contribution in [0.25, 0.3) is 10.8 Å². The number of ether oxygens (including phenoxy) is 1. The van der Waals surface area contributed by atoms with E-state index < -0.39 is 0 Å². The minimum Gasteiger partial charge on any atom is -0.492 e. The molecule has 0 saturated carbocycles. The van der Waals surface area contributed by atoms with Crippen molar-refractivity contribution in [1.29, 1.82) is 0 Å². The molecule has 3 rings (SSSR count). The zero-order valence-corrected chi connectivity index (χ0v) is 9.77. The predicted octanol–water partition coefficient (Wildman–Crippen LogP) is 2.75. The molecular formula is C15H10O3. The summed E-state index contributed by atoms with van der Waals surface area (Å²) in [5, 5.41) is 1.76. The highest BCUT2D eigenvalue weighted by molar-refractivity contribution is 6.28. The number of rotatable bonds is 1. The number of benzene rings is 2. The summed E-state index contributed by atoms with van der Waals surface area (Å²) in [4.78, 5) is 24.2. The molecule has 0 N–H and O–H groups in total. The quantitative estimate of drug-likeness (QED) is 0.767. The van der Waals surface area contributed by atoms with Crippen LogP contribution in [0.2, 0.25) is 0 Å². The highest BCUT2D eigenvalue weighted by atomic mass is 16.5. The summed E-state index contributed by atoms with van der Waals surface area (Å²) in [5.41, 5.74) is 0.886. The molecule has 2 aromatic carbocycles. The van der Waals surface area contributed by atoms with Crippen LogP contribution in [0.4, 0.5) is 0 Å². The van der Waals surface area contributed by atoms with Crippen LogP contribution < -0.4 is 0 Å². The van der Waals surface area contributed by atoms with Gasteiger partial charge in [0.15, 0.2) is 11.5 Å². The lowest BCUT2D eigenvalue weighted by Crippen LogP contribution is -2.18. The first-order valence-corrected chi connectivity index (χ1v) is 5.59. The van der Waals surface area contributed by atoms with Gasteiger partial charge in [-0.3, -0.25) is 9.59 Å². The Bertz CT molecular complexity index is 711. The number of methoxy groups -OCH3 is 1. The maximum absolute atomic E-state index is 12.1. The predicted molar refractivity (Wildman–Crippen MR) is 67.7 cm³/mol. The van der Waals surface area contributed by atoms with Gasteiger partial charge in [0, 0.05) is 17.2 Å². The van der Waals surface area contributed by atoms with E-state index in [1.807, 2.05) is 30.3 Å². The number of Topliss-reactive ketones (excluding diaryl/α,β-unsaturated/α-hetero) is 1. The molecule has 0 amide bonds. The summed E-state index contributed by atoms with van der Waals surface area (Å²) in [6.45, 7) is 0. The summed E-state index contributed by atoms with van der Waals surface area (Å²) < 4.78 is 4.93. The van der Waals surface area contributed by atoms with Gasteiger partial charge in [0.05, 0.1) is 7.11 Å². The van der Waals surface area contributed by atoms with Crippen LogP contribution in [-0.2, 0) is 4.74 Å². The second-order valence-corrected chi connectivity index (χ2v) is 4.12. The first-order valence-electron chi connectivity index (χ1n) is 5.59. The van der Waals surface area contributed by atoms with Gasteiger partial charge in [-0.25, -0.2) is 0 Å². The van der Waals surface area contributed by atoms with Gasteiger partial charge in [-0.15, -0.1) is 0 Å². The molecule has 3 nitrogen and oxygen atoms in total. The average Bonchev–Trinajstić information content (AvgIpc) is 2.41. The van der Waals surface area contributed by atoms with E-state index in [1.54, 1.807) is 6.07 Å². The minimum atomic E-state index is -0.238. The molecule has 0 heterocycles. The van der Waals surface area contributed by atoms with Gasteiger partial charge in [-0.05, 0) is 16.8 Å². The van der Waals surface area contributed by atoms with Crippen LogP contribution >= 0.6 is 0 Å². The molecule has 2 aromatic rings. The summed E-state index contributed by atoms with van der Waals surface area (Å²) in [5.74, 6) is -0.320. The maximum atomic E-state index is 12.1. The number of hydrogen-bond donors (Lipinski definition) is 0. The molecule has 0 radical (unpaired) electrons. The Hall–Kier alpha value is -2.42. The fraction of sp³-hybridized carbons (Fsp3) is 0.0667. The lowest BCUT2D eigenvalue weighted by Gasteiger charge is -2.15. The van der Waals surface area contributed by atoms with E-state index in [4.69, 9.17) is 4.74 Å². The molecule has 0 aliphatic heterocycles. The van der Waals surface area contributed by atoms with E-state index in [1.165, 1.54) is 13.2 Å². The van der Waals surface area contributed by atoms with Crippen molar-refractivity contribution in [2.75, 3.05) is 7.11 Å². The standard InChI is InChI=1S/C15H10O3/c1-18-13-8-12(16)14-10-5-3-2-4-9(10)6-7-11(14)15(13)17/h2-8H,1H3. The highest BCUT2D eigenvalue weighted by Crippen LogP contribution is 2.28. The Morgan fingerprint density at radius 2 is 1.78 bits per heavy atom. The number of carbonyl (C=O) groups excluding carboxylic acids is 2. The molecule has 1 aliphatic rings. The first kappa shape index (κ1) is 10.7. The van der Waals surface area contributed by atoms with Gasteiger partial charge in [0.1, 0.15) is 0 Å². The number of carbonyl (C=O) groups is 2. The molecule has 0 saturated heterocycles. The Morgan fingerprint density at radius 3 is 2.56 bits per heavy atom. The Kier molecular flexibility index (Phi) is 2.27. The molecule has 3 heteroatoms. The SMILES string of the molecule is COC1=CC(=O)c2c(ccc3ccccc23)C1=O. The Balaban J connectivity index is 2.37. The molecular weight excluding hydrogens is 228 g/mol. The van der Waals surface area contributed by atoms with Crippen molar-refractivity contribution in [3.63, 3.8) is 0 Å². The zero-order chi connectivity index (χ0) is 12.7. The van der Waals surface area contributed by atoms with Gasteiger partial charge in [0.25, 0.3) is 0 Å². The van der Waals surface area contributed by atoms with E-state index in [0.29, 0.717) is 11.1 Å². The van der Waals surface area contributed by atoms with E-state index in [9.17, 15) is 9.59 Å². The van der Waals surface area contributed by atoms with E-state index in [-0.39, 0.29) is 17.3 Å². The Labute approximate surface area is 104 Å². The van der Waals surface area contributed by atoms with Gasteiger partial charge < -0.3 is 4.74 Å². The Morgan fingerprint density at radius 1 is 1.00 bits per heavy atom. The second-order valence-electron chi connectivity index (χ2n) is 4.12. The summed E-state index contributed by atoms with van der Waals surface area (Å²) in [6, 6.07) is 11.1. The minimum absolute atomic E-state index is 0.0998. The van der Waals surface area contributed by atoms with Crippen LogP contribution in [0.5, 0.6) is 0 Å². The second kappa shape index (κ2) is 3.81. The van der Waals surface area contributed by atoms with Gasteiger partial charge in [-0.2, -0.15) is 0 Å². The number of fused-ring (bicyclic) bond motifs is 3. The van der Waals surface area contributed by atoms with E-state index in [2.05, 4.69) is 0 Å². The number of hydrogen-bond acceptors (Lipinski definition) is 3. The molecule has 0 bridgehead atoms. The lowest BCUT2D eigenvalue weighted by atomic mass is 9.89. The molecule has 1 aliphatic carbocycles. The van der Waals surface area contributed by atoms with E-state index in [0.717, 1.165) is 10.8 Å². The third-order valence-corrected chi connectivity index (χ3v) is 3.13. The maximum Gasteiger partial charge on any atom is 0.228 e. The molecule has 0 atom stereocenters. The van der Waals surface area contributed by atoms with E-state index >= 15 is 0 Å². The summed E-state index contributed by atoms with van der Waals surface area (Å²) in [7, 11) is 1.39.